The van der Waals surface area contributed by atoms with Gasteiger partial charge in [-0.05, 0) is 37.6 Å². The first kappa shape index (κ1) is 21.1. The molecular formula is C23H24N4O3S. The normalized spacial score (nSPS) is 18.0. The van der Waals surface area contributed by atoms with E-state index in [1.165, 1.54) is 11.8 Å². The summed E-state index contributed by atoms with van der Waals surface area (Å²) in [6, 6.07) is 14.4. The van der Waals surface area contributed by atoms with Crippen molar-refractivity contribution in [2.45, 2.75) is 38.0 Å². The number of hydrogen-bond acceptors (Lipinski definition) is 6. The first-order valence-electron chi connectivity index (χ1n) is 10.2. The molecule has 0 saturated carbocycles. The Morgan fingerprint density at radius 3 is 2.84 bits per heavy atom. The standard InChI is InChI=1S/C23H24N4O3S/c1-4-8-19-22(29)27-20(25-19)17-11-5-6-12-18(17)26-23(27)31-14(2)21(28)24-15-9-7-10-16(13-15)30-3/h5-7,9-14,19H,4,8H2,1-3H3,(H,24,28)/t14-,19+/m1/s1. The molecule has 1 N–H and O–H groups in total. The molecule has 31 heavy (non-hydrogen) atoms. The van der Waals surface area contributed by atoms with Crippen LogP contribution in [0.4, 0.5) is 11.4 Å². The molecule has 2 amide bonds. The number of carbonyl (C=O) groups excluding carboxylic acids is 2. The summed E-state index contributed by atoms with van der Waals surface area (Å²) < 4.78 is 5.21. The lowest BCUT2D eigenvalue weighted by Gasteiger charge is -2.26. The summed E-state index contributed by atoms with van der Waals surface area (Å²) in [6.07, 6.45) is 1.55. The van der Waals surface area contributed by atoms with Crippen LogP contribution in [0.15, 0.2) is 58.5 Å². The largest absolute Gasteiger partial charge is 0.497 e. The number of amides is 2. The quantitative estimate of drug-likeness (QED) is 0.735. The number of para-hydroxylation sites is 1. The first-order valence-corrected chi connectivity index (χ1v) is 11.1. The molecule has 0 aliphatic carbocycles. The minimum atomic E-state index is -0.477. The maximum Gasteiger partial charge on any atom is 0.259 e. The number of nitrogens with one attached hydrogen (secondary N) is 1. The van der Waals surface area contributed by atoms with Crippen molar-refractivity contribution in [3.63, 3.8) is 0 Å². The average molecular weight is 437 g/mol. The van der Waals surface area contributed by atoms with E-state index in [2.05, 4.69) is 5.32 Å². The Kier molecular flexibility index (Phi) is 6.08. The summed E-state index contributed by atoms with van der Waals surface area (Å²) in [4.78, 5) is 36.8. The van der Waals surface area contributed by atoms with Crippen molar-refractivity contribution in [2.75, 3.05) is 12.4 Å². The number of rotatable bonds is 6. The van der Waals surface area contributed by atoms with Gasteiger partial charge in [-0.15, -0.1) is 0 Å². The number of amidine groups is 2. The number of aliphatic imine (C=N–C) groups is 2. The van der Waals surface area contributed by atoms with Gasteiger partial charge in [-0.25, -0.2) is 9.89 Å². The van der Waals surface area contributed by atoms with E-state index in [1.54, 1.807) is 31.1 Å². The van der Waals surface area contributed by atoms with Gasteiger partial charge in [-0.3, -0.25) is 14.6 Å². The van der Waals surface area contributed by atoms with Gasteiger partial charge in [0.2, 0.25) is 5.91 Å². The molecule has 2 aromatic carbocycles. The molecule has 160 valence electrons. The second-order valence-electron chi connectivity index (χ2n) is 7.32. The van der Waals surface area contributed by atoms with Crippen LogP contribution >= 0.6 is 11.8 Å². The van der Waals surface area contributed by atoms with Gasteiger partial charge in [0.05, 0.1) is 18.0 Å². The first-order chi connectivity index (χ1) is 15.0. The highest BCUT2D eigenvalue weighted by Crippen LogP contribution is 2.35. The number of methoxy groups -OCH3 is 1. The van der Waals surface area contributed by atoms with E-state index < -0.39 is 11.3 Å². The lowest BCUT2D eigenvalue weighted by molar-refractivity contribution is -0.124. The van der Waals surface area contributed by atoms with E-state index in [0.29, 0.717) is 28.9 Å². The Morgan fingerprint density at radius 1 is 1.26 bits per heavy atom. The van der Waals surface area contributed by atoms with Crippen LogP contribution in [0.1, 0.15) is 32.3 Å². The molecule has 0 saturated heterocycles. The number of thioether (sulfide) groups is 1. The molecular weight excluding hydrogens is 412 g/mol. The molecule has 0 fully saturated rings. The molecule has 0 bridgehead atoms. The minimum absolute atomic E-state index is 0.0852. The van der Waals surface area contributed by atoms with Crippen LogP contribution in [-0.2, 0) is 9.59 Å². The fraction of sp³-hybridized carbons (Fsp3) is 0.304. The van der Waals surface area contributed by atoms with Crippen LogP contribution in [0.5, 0.6) is 5.75 Å². The Hall–Kier alpha value is -3.13. The molecule has 2 aromatic rings. The topological polar surface area (TPSA) is 83.4 Å². The Balaban J connectivity index is 1.57. The summed E-state index contributed by atoms with van der Waals surface area (Å²) in [5.41, 5.74) is 2.24. The molecule has 0 spiro atoms. The molecule has 2 atom stereocenters. The number of ether oxygens (including phenoxy) is 1. The molecule has 2 aliphatic heterocycles. The van der Waals surface area contributed by atoms with Gasteiger partial charge in [0.15, 0.2) is 5.17 Å². The minimum Gasteiger partial charge on any atom is -0.497 e. The van der Waals surface area contributed by atoms with Crippen LogP contribution in [0, 0.1) is 0 Å². The fourth-order valence-electron chi connectivity index (χ4n) is 3.50. The molecule has 0 unspecified atom stereocenters. The fourth-order valence-corrected chi connectivity index (χ4v) is 4.41. The van der Waals surface area contributed by atoms with Crippen LogP contribution in [0.2, 0.25) is 0 Å². The molecule has 2 heterocycles. The summed E-state index contributed by atoms with van der Waals surface area (Å²) in [5, 5.41) is 2.90. The summed E-state index contributed by atoms with van der Waals surface area (Å²) >= 11 is 1.25. The van der Waals surface area contributed by atoms with E-state index in [4.69, 9.17) is 14.7 Å². The van der Waals surface area contributed by atoms with Crippen molar-refractivity contribution < 1.29 is 14.3 Å². The van der Waals surface area contributed by atoms with Gasteiger partial charge >= 0.3 is 0 Å². The molecule has 0 aromatic heterocycles. The van der Waals surface area contributed by atoms with Crippen molar-refractivity contribution in [1.82, 2.24) is 4.90 Å². The van der Waals surface area contributed by atoms with Crippen LogP contribution in [0.25, 0.3) is 0 Å². The second-order valence-corrected chi connectivity index (χ2v) is 8.63. The highest BCUT2D eigenvalue weighted by molar-refractivity contribution is 8.15. The zero-order chi connectivity index (χ0) is 22.0. The molecule has 2 aliphatic rings. The van der Waals surface area contributed by atoms with E-state index in [1.807, 2.05) is 43.3 Å². The van der Waals surface area contributed by atoms with Crippen LogP contribution < -0.4 is 10.1 Å². The SMILES string of the molecule is CCC[C@@H]1N=C2c3ccccc3N=C(S[C@H](C)C(=O)Nc3cccc(OC)c3)N2C1=O. The van der Waals surface area contributed by atoms with Crippen LogP contribution in [0.3, 0.4) is 0 Å². The number of nitrogens with zero attached hydrogens (tertiary/aromatic N) is 3. The maximum absolute atomic E-state index is 13.1. The Bertz CT molecular complexity index is 1080. The average Bonchev–Trinajstić information content (AvgIpc) is 3.11. The van der Waals surface area contributed by atoms with Crippen molar-refractivity contribution in [1.29, 1.82) is 0 Å². The Labute approximate surface area is 185 Å². The van der Waals surface area contributed by atoms with Crippen LogP contribution in [-0.4, -0.2) is 46.1 Å². The van der Waals surface area contributed by atoms with Gasteiger partial charge < -0.3 is 10.1 Å². The van der Waals surface area contributed by atoms with Crippen molar-refractivity contribution in [2.24, 2.45) is 9.98 Å². The number of fused-ring (bicyclic) bond motifs is 3. The highest BCUT2D eigenvalue weighted by atomic mass is 32.2. The smallest absolute Gasteiger partial charge is 0.259 e. The monoisotopic (exact) mass is 436 g/mol. The maximum atomic E-state index is 13.1. The van der Waals surface area contributed by atoms with E-state index >= 15 is 0 Å². The Morgan fingerprint density at radius 2 is 2.06 bits per heavy atom. The summed E-state index contributed by atoms with van der Waals surface area (Å²) in [7, 11) is 1.58. The summed E-state index contributed by atoms with van der Waals surface area (Å²) in [6.45, 7) is 3.83. The highest BCUT2D eigenvalue weighted by Gasteiger charge is 2.41. The van der Waals surface area contributed by atoms with Crippen molar-refractivity contribution in [3.05, 3.63) is 54.1 Å². The lowest BCUT2D eigenvalue weighted by Crippen LogP contribution is -2.42. The number of carbonyl (C=O) groups is 2. The van der Waals surface area contributed by atoms with E-state index in [-0.39, 0.29) is 11.8 Å². The molecule has 4 rings (SSSR count). The van der Waals surface area contributed by atoms with E-state index in [0.717, 1.165) is 17.7 Å². The van der Waals surface area contributed by atoms with Gasteiger partial charge in [-0.2, -0.15) is 0 Å². The van der Waals surface area contributed by atoms with Gasteiger partial charge in [0.1, 0.15) is 17.6 Å². The second kappa shape index (κ2) is 8.93. The summed E-state index contributed by atoms with van der Waals surface area (Å²) in [5.74, 6) is 1.02. The van der Waals surface area contributed by atoms with Gasteiger partial charge in [0.25, 0.3) is 5.91 Å². The third-order valence-corrected chi connectivity index (χ3v) is 6.15. The zero-order valence-corrected chi connectivity index (χ0v) is 18.5. The van der Waals surface area contributed by atoms with Gasteiger partial charge in [-0.1, -0.05) is 43.3 Å². The third-order valence-electron chi connectivity index (χ3n) is 5.10. The predicted molar refractivity (Wildman–Crippen MR) is 124 cm³/mol. The molecule has 0 radical (unpaired) electrons. The molecule has 8 heteroatoms. The van der Waals surface area contributed by atoms with Crippen molar-refractivity contribution >= 4 is 46.0 Å². The number of anilines is 1. The zero-order valence-electron chi connectivity index (χ0n) is 17.7. The van der Waals surface area contributed by atoms with E-state index in [9.17, 15) is 9.59 Å². The predicted octanol–water partition coefficient (Wildman–Crippen LogP) is 4.21. The third kappa shape index (κ3) is 4.20. The lowest BCUT2D eigenvalue weighted by atomic mass is 10.1. The van der Waals surface area contributed by atoms with Crippen molar-refractivity contribution in [3.8, 4) is 5.75 Å². The number of benzene rings is 2. The number of hydrogen-bond donors (Lipinski definition) is 1. The van der Waals surface area contributed by atoms with Gasteiger partial charge in [0, 0.05) is 17.3 Å². The molecule has 7 nitrogen and oxygen atoms in total.